The van der Waals surface area contributed by atoms with Gasteiger partial charge in [-0.15, -0.1) is 0 Å². The lowest BCUT2D eigenvalue weighted by Crippen LogP contribution is -2.18. The van der Waals surface area contributed by atoms with Crippen molar-refractivity contribution in [3.63, 3.8) is 0 Å². The molecule has 0 spiro atoms. The van der Waals surface area contributed by atoms with Gasteiger partial charge in [0, 0.05) is 0 Å². The zero-order chi connectivity index (χ0) is 9.84. The van der Waals surface area contributed by atoms with Crippen LogP contribution < -0.4 is 4.74 Å². The molecule has 0 amide bonds. The van der Waals surface area contributed by atoms with E-state index in [-0.39, 0.29) is 6.10 Å². The summed E-state index contributed by atoms with van der Waals surface area (Å²) in [5, 5.41) is 0.490. The van der Waals surface area contributed by atoms with E-state index in [2.05, 4.69) is 18.8 Å². The van der Waals surface area contributed by atoms with Crippen molar-refractivity contribution in [2.24, 2.45) is 5.92 Å². The Kier molecular flexibility index (Phi) is 3.55. The second-order valence-electron chi connectivity index (χ2n) is 3.38. The average Bonchev–Trinajstić information content (AvgIpc) is 2.08. The van der Waals surface area contributed by atoms with Gasteiger partial charge in [-0.3, -0.25) is 0 Å². The van der Waals surface area contributed by atoms with E-state index < -0.39 is 0 Å². The van der Waals surface area contributed by atoms with Crippen LogP contribution in [0.4, 0.5) is 0 Å². The molecule has 0 aliphatic heterocycles. The molecule has 13 heavy (non-hydrogen) atoms. The van der Waals surface area contributed by atoms with Gasteiger partial charge in [0.25, 0.3) is 0 Å². The van der Waals surface area contributed by atoms with E-state index in [4.69, 9.17) is 16.3 Å². The van der Waals surface area contributed by atoms with Gasteiger partial charge in [0.1, 0.15) is 10.9 Å². The molecule has 1 aromatic heterocycles. The van der Waals surface area contributed by atoms with Crippen molar-refractivity contribution in [1.29, 1.82) is 0 Å². The van der Waals surface area contributed by atoms with Crippen LogP contribution in [0.5, 0.6) is 5.75 Å². The van der Waals surface area contributed by atoms with Crippen LogP contribution in [-0.4, -0.2) is 11.1 Å². The van der Waals surface area contributed by atoms with Crippen molar-refractivity contribution in [3.05, 3.63) is 23.5 Å². The first kappa shape index (κ1) is 10.3. The SMILES string of the molecule is CC(C)C(C)Oc1ccc(Cl)nc1. The van der Waals surface area contributed by atoms with Crippen LogP contribution in [0.3, 0.4) is 0 Å². The minimum Gasteiger partial charge on any atom is -0.489 e. The predicted molar refractivity (Wildman–Crippen MR) is 54.2 cm³/mol. The highest BCUT2D eigenvalue weighted by atomic mass is 35.5. The first-order valence-electron chi connectivity index (χ1n) is 4.38. The smallest absolute Gasteiger partial charge is 0.138 e. The van der Waals surface area contributed by atoms with Crippen LogP contribution in [0.15, 0.2) is 18.3 Å². The molecule has 1 aromatic rings. The van der Waals surface area contributed by atoms with E-state index in [1.807, 2.05) is 13.0 Å². The Balaban J connectivity index is 2.59. The van der Waals surface area contributed by atoms with Gasteiger partial charge in [-0.2, -0.15) is 0 Å². The van der Waals surface area contributed by atoms with Crippen molar-refractivity contribution in [1.82, 2.24) is 4.98 Å². The van der Waals surface area contributed by atoms with Crippen molar-refractivity contribution >= 4 is 11.6 Å². The highest BCUT2D eigenvalue weighted by molar-refractivity contribution is 6.29. The van der Waals surface area contributed by atoms with Gasteiger partial charge in [0.2, 0.25) is 0 Å². The van der Waals surface area contributed by atoms with Crippen molar-refractivity contribution < 1.29 is 4.74 Å². The highest BCUT2D eigenvalue weighted by Gasteiger charge is 2.08. The Labute approximate surface area is 83.9 Å². The number of ether oxygens (including phenoxy) is 1. The molecule has 0 radical (unpaired) electrons. The second kappa shape index (κ2) is 4.47. The second-order valence-corrected chi connectivity index (χ2v) is 3.77. The maximum absolute atomic E-state index is 5.64. The molecule has 2 nitrogen and oxygen atoms in total. The Morgan fingerprint density at radius 3 is 2.46 bits per heavy atom. The Hall–Kier alpha value is -0.760. The first-order chi connectivity index (χ1) is 6.09. The molecular formula is C10H14ClNO. The normalized spacial score (nSPS) is 13.0. The molecule has 0 saturated heterocycles. The summed E-state index contributed by atoms with van der Waals surface area (Å²) >= 11 is 5.64. The molecule has 1 atom stereocenters. The van der Waals surface area contributed by atoms with Crippen LogP contribution >= 0.6 is 11.6 Å². The summed E-state index contributed by atoms with van der Waals surface area (Å²) in [6, 6.07) is 3.55. The van der Waals surface area contributed by atoms with E-state index in [9.17, 15) is 0 Å². The average molecular weight is 200 g/mol. The van der Waals surface area contributed by atoms with E-state index in [1.165, 1.54) is 0 Å². The van der Waals surface area contributed by atoms with Gasteiger partial charge >= 0.3 is 0 Å². The molecule has 1 unspecified atom stereocenters. The zero-order valence-electron chi connectivity index (χ0n) is 8.12. The van der Waals surface area contributed by atoms with Gasteiger partial charge < -0.3 is 4.74 Å². The third-order valence-corrected chi connectivity index (χ3v) is 2.18. The van der Waals surface area contributed by atoms with Crippen molar-refractivity contribution in [2.45, 2.75) is 26.9 Å². The molecule has 0 N–H and O–H groups in total. The van der Waals surface area contributed by atoms with Crippen molar-refractivity contribution in [3.8, 4) is 5.75 Å². The van der Waals surface area contributed by atoms with Gasteiger partial charge in [-0.05, 0) is 25.0 Å². The standard InChI is InChI=1S/C10H14ClNO/c1-7(2)8(3)13-9-4-5-10(11)12-6-9/h4-8H,1-3H3. The number of hydrogen-bond donors (Lipinski definition) is 0. The summed E-state index contributed by atoms with van der Waals surface area (Å²) in [7, 11) is 0. The summed E-state index contributed by atoms with van der Waals surface area (Å²) in [4.78, 5) is 3.93. The van der Waals surface area contributed by atoms with Crippen LogP contribution in [0, 0.1) is 5.92 Å². The lowest BCUT2D eigenvalue weighted by molar-refractivity contribution is 0.170. The van der Waals surface area contributed by atoms with Crippen LogP contribution in [0.1, 0.15) is 20.8 Å². The largest absolute Gasteiger partial charge is 0.489 e. The Morgan fingerprint density at radius 2 is 2.00 bits per heavy atom. The number of halogens is 1. The van der Waals surface area contributed by atoms with E-state index in [1.54, 1.807) is 12.3 Å². The minimum atomic E-state index is 0.197. The molecular weight excluding hydrogens is 186 g/mol. The van der Waals surface area contributed by atoms with E-state index in [0.717, 1.165) is 5.75 Å². The third kappa shape index (κ3) is 3.23. The van der Waals surface area contributed by atoms with Crippen LogP contribution in [-0.2, 0) is 0 Å². The topological polar surface area (TPSA) is 22.1 Å². The fourth-order valence-electron chi connectivity index (χ4n) is 0.783. The molecule has 0 saturated carbocycles. The molecule has 0 aliphatic carbocycles. The van der Waals surface area contributed by atoms with E-state index >= 15 is 0 Å². The third-order valence-electron chi connectivity index (χ3n) is 1.96. The molecule has 0 aromatic carbocycles. The van der Waals surface area contributed by atoms with Crippen LogP contribution in [0.25, 0.3) is 0 Å². The number of aromatic nitrogens is 1. The molecule has 0 fully saturated rings. The van der Waals surface area contributed by atoms with Gasteiger partial charge in [-0.25, -0.2) is 4.98 Å². The molecule has 1 heterocycles. The Bertz CT molecular complexity index is 258. The summed E-state index contributed by atoms with van der Waals surface area (Å²) in [6.07, 6.45) is 1.84. The molecule has 0 bridgehead atoms. The number of rotatable bonds is 3. The summed E-state index contributed by atoms with van der Waals surface area (Å²) in [5.74, 6) is 1.27. The summed E-state index contributed by atoms with van der Waals surface area (Å²) in [6.45, 7) is 6.28. The van der Waals surface area contributed by atoms with Crippen molar-refractivity contribution in [2.75, 3.05) is 0 Å². The monoisotopic (exact) mass is 199 g/mol. The number of nitrogens with zero attached hydrogens (tertiary/aromatic N) is 1. The maximum atomic E-state index is 5.64. The molecule has 72 valence electrons. The molecule has 0 aliphatic rings. The molecule has 3 heteroatoms. The molecule has 1 rings (SSSR count). The lowest BCUT2D eigenvalue weighted by atomic mass is 10.1. The van der Waals surface area contributed by atoms with Gasteiger partial charge in [-0.1, -0.05) is 25.4 Å². The quantitative estimate of drug-likeness (QED) is 0.698. The lowest BCUT2D eigenvalue weighted by Gasteiger charge is -2.17. The highest BCUT2D eigenvalue weighted by Crippen LogP contribution is 2.16. The predicted octanol–water partition coefficient (Wildman–Crippen LogP) is 3.16. The summed E-state index contributed by atoms with van der Waals surface area (Å²) < 4.78 is 5.61. The Morgan fingerprint density at radius 1 is 1.31 bits per heavy atom. The van der Waals surface area contributed by atoms with Gasteiger partial charge in [0.05, 0.1) is 12.3 Å². The van der Waals surface area contributed by atoms with E-state index in [0.29, 0.717) is 11.1 Å². The zero-order valence-corrected chi connectivity index (χ0v) is 8.88. The maximum Gasteiger partial charge on any atom is 0.138 e. The number of pyridine rings is 1. The number of hydrogen-bond acceptors (Lipinski definition) is 2. The van der Waals surface area contributed by atoms with Crippen LogP contribution in [0.2, 0.25) is 5.15 Å². The fraction of sp³-hybridized carbons (Fsp3) is 0.500. The summed E-state index contributed by atoms with van der Waals surface area (Å²) in [5.41, 5.74) is 0. The fourth-order valence-corrected chi connectivity index (χ4v) is 0.894. The first-order valence-corrected chi connectivity index (χ1v) is 4.75. The minimum absolute atomic E-state index is 0.197. The van der Waals surface area contributed by atoms with Gasteiger partial charge in [0.15, 0.2) is 0 Å².